The van der Waals surface area contributed by atoms with Crippen LogP contribution in [0.25, 0.3) is 0 Å². The first-order valence-corrected chi connectivity index (χ1v) is 6.35. The molecule has 0 atom stereocenters. The molecule has 0 spiro atoms. The maximum Gasteiger partial charge on any atom is 0.319 e. The number of carbonyl (C=O) groups is 2. The third-order valence-corrected chi connectivity index (χ3v) is 2.64. The van der Waals surface area contributed by atoms with Crippen LogP contribution in [0, 0.1) is 17.5 Å². The van der Waals surface area contributed by atoms with E-state index in [1.165, 1.54) is 12.4 Å². The van der Waals surface area contributed by atoms with E-state index in [1.54, 1.807) is 12.1 Å². The van der Waals surface area contributed by atoms with Crippen molar-refractivity contribution in [2.45, 2.75) is 0 Å². The summed E-state index contributed by atoms with van der Waals surface area (Å²) in [5.41, 5.74) is -0.111. The van der Waals surface area contributed by atoms with Crippen molar-refractivity contribution >= 4 is 23.3 Å². The lowest BCUT2D eigenvalue weighted by molar-refractivity contribution is -0.115. The number of nitrogens with zero attached hydrogens (tertiary/aromatic N) is 1. The lowest BCUT2D eigenvalue weighted by Crippen LogP contribution is -2.36. The maximum atomic E-state index is 13.4. The number of halogens is 3. The number of hydrogen-bond acceptors (Lipinski definition) is 3. The molecule has 1 aromatic carbocycles. The third-order valence-electron chi connectivity index (χ3n) is 2.64. The first kappa shape index (κ1) is 16.3. The number of carbonyl (C=O) groups excluding carboxylic acids is 2. The largest absolute Gasteiger partial charge is 0.329 e. The van der Waals surface area contributed by atoms with Crippen LogP contribution in [0.2, 0.25) is 0 Å². The number of urea groups is 1. The molecule has 23 heavy (non-hydrogen) atoms. The second kappa shape index (κ2) is 7.25. The van der Waals surface area contributed by atoms with Gasteiger partial charge in [-0.2, -0.15) is 0 Å². The third kappa shape index (κ3) is 4.43. The average Bonchev–Trinajstić information content (AvgIpc) is 2.54. The number of amides is 3. The van der Waals surface area contributed by atoms with E-state index < -0.39 is 41.6 Å². The van der Waals surface area contributed by atoms with Gasteiger partial charge in [0.2, 0.25) is 5.91 Å². The van der Waals surface area contributed by atoms with Gasteiger partial charge in [-0.15, -0.1) is 0 Å². The van der Waals surface area contributed by atoms with Crippen molar-refractivity contribution in [1.29, 1.82) is 0 Å². The van der Waals surface area contributed by atoms with Crippen molar-refractivity contribution in [3.05, 3.63) is 54.1 Å². The summed E-state index contributed by atoms with van der Waals surface area (Å²) in [4.78, 5) is 26.9. The van der Waals surface area contributed by atoms with E-state index in [0.29, 0.717) is 11.8 Å². The van der Waals surface area contributed by atoms with Crippen LogP contribution >= 0.6 is 0 Å². The molecule has 0 saturated carbocycles. The fourth-order valence-corrected chi connectivity index (χ4v) is 1.59. The Morgan fingerprint density at radius 1 is 1.04 bits per heavy atom. The highest BCUT2D eigenvalue weighted by Crippen LogP contribution is 2.19. The molecule has 0 unspecified atom stereocenters. The highest BCUT2D eigenvalue weighted by Gasteiger charge is 2.15. The topological polar surface area (TPSA) is 83.1 Å². The smallest absolute Gasteiger partial charge is 0.319 e. The first-order chi connectivity index (χ1) is 11.0. The second-order valence-electron chi connectivity index (χ2n) is 4.32. The van der Waals surface area contributed by atoms with Crippen LogP contribution < -0.4 is 16.0 Å². The monoisotopic (exact) mass is 324 g/mol. The van der Waals surface area contributed by atoms with E-state index >= 15 is 0 Å². The Balaban J connectivity index is 1.86. The Bertz CT molecular complexity index is 725. The summed E-state index contributed by atoms with van der Waals surface area (Å²) in [6.07, 6.45) is 2.92. The quantitative estimate of drug-likeness (QED) is 0.754. The number of hydrogen-bond donors (Lipinski definition) is 3. The summed E-state index contributed by atoms with van der Waals surface area (Å²) in [5.74, 6) is -5.38. The number of aromatic nitrogens is 1. The molecule has 3 N–H and O–H groups in total. The van der Waals surface area contributed by atoms with E-state index in [4.69, 9.17) is 0 Å². The molecule has 0 bridgehead atoms. The Morgan fingerprint density at radius 2 is 1.83 bits per heavy atom. The number of rotatable bonds is 4. The van der Waals surface area contributed by atoms with Gasteiger partial charge in [0.1, 0.15) is 0 Å². The maximum absolute atomic E-state index is 13.4. The van der Waals surface area contributed by atoms with Crippen molar-refractivity contribution in [3.8, 4) is 0 Å². The molecule has 0 radical (unpaired) electrons. The normalized spacial score (nSPS) is 10.0. The van der Waals surface area contributed by atoms with Crippen LogP contribution in [0.3, 0.4) is 0 Å². The fourth-order valence-electron chi connectivity index (χ4n) is 1.59. The van der Waals surface area contributed by atoms with Crippen LogP contribution in [-0.4, -0.2) is 23.5 Å². The van der Waals surface area contributed by atoms with Gasteiger partial charge in [0.25, 0.3) is 0 Å². The SMILES string of the molecule is O=C(CNC(=O)Nc1cccnc1)Nc1ccc(F)c(F)c1F. The molecule has 0 aliphatic rings. The van der Waals surface area contributed by atoms with Gasteiger partial charge in [0.05, 0.1) is 24.1 Å². The Morgan fingerprint density at radius 3 is 2.52 bits per heavy atom. The molecule has 120 valence electrons. The van der Waals surface area contributed by atoms with Crippen LogP contribution in [-0.2, 0) is 4.79 Å². The molecule has 2 aromatic rings. The molecule has 2 rings (SSSR count). The molecule has 6 nitrogen and oxygen atoms in total. The van der Waals surface area contributed by atoms with Gasteiger partial charge in [-0.1, -0.05) is 0 Å². The highest BCUT2D eigenvalue weighted by atomic mass is 19.2. The van der Waals surface area contributed by atoms with Gasteiger partial charge < -0.3 is 16.0 Å². The van der Waals surface area contributed by atoms with Gasteiger partial charge in [-0.05, 0) is 24.3 Å². The fraction of sp³-hybridized carbons (Fsp3) is 0.0714. The first-order valence-electron chi connectivity index (χ1n) is 6.35. The van der Waals surface area contributed by atoms with Crippen LogP contribution in [0.5, 0.6) is 0 Å². The molecular weight excluding hydrogens is 313 g/mol. The minimum absolute atomic E-state index is 0.414. The predicted octanol–water partition coefficient (Wildman–Crippen LogP) is 2.26. The Labute approximate surface area is 128 Å². The average molecular weight is 324 g/mol. The zero-order valence-electron chi connectivity index (χ0n) is 11.6. The highest BCUT2D eigenvalue weighted by molar-refractivity contribution is 5.96. The van der Waals surface area contributed by atoms with Crippen molar-refractivity contribution in [1.82, 2.24) is 10.3 Å². The molecule has 1 aromatic heterocycles. The Kier molecular flexibility index (Phi) is 5.13. The van der Waals surface area contributed by atoms with Crippen LogP contribution in [0.1, 0.15) is 0 Å². The predicted molar refractivity (Wildman–Crippen MR) is 76.2 cm³/mol. The molecule has 0 aliphatic heterocycles. The molecule has 3 amide bonds. The molecule has 0 saturated heterocycles. The summed E-state index contributed by atoms with van der Waals surface area (Å²) in [7, 11) is 0. The van der Waals surface area contributed by atoms with E-state index in [0.717, 1.165) is 6.07 Å². The summed E-state index contributed by atoms with van der Waals surface area (Å²) >= 11 is 0. The van der Waals surface area contributed by atoms with Gasteiger partial charge in [0.15, 0.2) is 17.5 Å². The molecule has 0 fully saturated rings. The van der Waals surface area contributed by atoms with Crippen molar-refractivity contribution in [2.24, 2.45) is 0 Å². The number of nitrogens with one attached hydrogen (secondary N) is 3. The summed E-state index contributed by atoms with van der Waals surface area (Å²) in [6.45, 7) is -0.496. The minimum atomic E-state index is -1.69. The molecule has 0 aliphatic carbocycles. The van der Waals surface area contributed by atoms with Gasteiger partial charge >= 0.3 is 6.03 Å². The van der Waals surface area contributed by atoms with Gasteiger partial charge in [-0.25, -0.2) is 18.0 Å². The number of pyridine rings is 1. The molecule has 1 heterocycles. The Hall–Kier alpha value is -3.10. The van der Waals surface area contributed by atoms with Gasteiger partial charge in [-0.3, -0.25) is 9.78 Å². The summed E-state index contributed by atoms with van der Waals surface area (Å²) < 4.78 is 39.1. The van der Waals surface area contributed by atoms with E-state index in [-0.39, 0.29) is 0 Å². The molecule has 9 heteroatoms. The summed E-state index contributed by atoms with van der Waals surface area (Å²) in [6, 6.07) is 4.06. The van der Waals surface area contributed by atoms with Crippen molar-refractivity contribution in [2.75, 3.05) is 17.2 Å². The van der Waals surface area contributed by atoms with Crippen LogP contribution in [0.4, 0.5) is 29.3 Å². The minimum Gasteiger partial charge on any atom is -0.329 e. The number of anilines is 2. The van der Waals surface area contributed by atoms with E-state index in [9.17, 15) is 22.8 Å². The van der Waals surface area contributed by atoms with Gasteiger partial charge in [0, 0.05) is 6.20 Å². The van der Waals surface area contributed by atoms with E-state index in [1.807, 2.05) is 5.32 Å². The lowest BCUT2D eigenvalue weighted by atomic mass is 10.2. The zero-order valence-corrected chi connectivity index (χ0v) is 11.6. The van der Waals surface area contributed by atoms with E-state index in [2.05, 4.69) is 15.6 Å². The lowest BCUT2D eigenvalue weighted by Gasteiger charge is -2.09. The second-order valence-corrected chi connectivity index (χ2v) is 4.32. The number of benzene rings is 1. The van der Waals surface area contributed by atoms with Crippen LogP contribution in [0.15, 0.2) is 36.7 Å². The summed E-state index contributed by atoms with van der Waals surface area (Å²) in [5, 5.41) is 6.65. The van der Waals surface area contributed by atoms with Crippen molar-refractivity contribution in [3.63, 3.8) is 0 Å². The standard InChI is InChI=1S/C14H11F3N4O2/c15-9-3-4-10(13(17)12(9)16)21-11(22)7-19-14(23)20-8-2-1-5-18-6-8/h1-6H,7H2,(H,21,22)(H2,19,20,23). The zero-order chi connectivity index (χ0) is 16.8. The molecular formula is C14H11F3N4O2. The van der Waals surface area contributed by atoms with Crippen molar-refractivity contribution < 1.29 is 22.8 Å².